The van der Waals surface area contributed by atoms with Crippen LogP contribution in [0.25, 0.3) is 6.08 Å². The number of hydrogen-bond acceptors (Lipinski definition) is 4. The van der Waals surface area contributed by atoms with Crippen molar-refractivity contribution in [2.45, 2.75) is 34.0 Å². The predicted molar refractivity (Wildman–Crippen MR) is 109 cm³/mol. The Morgan fingerprint density at radius 3 is 2.58 bits per heavy atom. The van der Waals surface area contributed by atoms with E-state index >= 15 is 0 Å². The highest BCUT2D eigenvalue weighted by Gasteiger charge is 2.23. The first-order valence-corrected chi connectivity index (χ1v) is 9.10. The number of aliphatic hydroxyl groups excluding tert-OH is 1. The monoisotopic (exact) mass is 350 g/mol. The summed E-state index contributed by atoms with van der Waals surface area (Å²) < 4.78 is 5.79. The number of rotatable bonds is 5. The molecule has 0 bridgehead atoms. The number of ether oxygens (including phenoxy) is 1. The lowest BCUT2D eigenvalue weighted by Gasteiger charge is -2.26. The molecular formula is C22H26N2O2. The van der Waals surface area contributed by atoms with E-state index in [4.69, 9.17) is 4.74 Å². The van der Waals surface area contributed by atoms with Crippen LogP contribution in [0.4, 0.5) is 11.4 Å². The number of benzene rings is 2. The molecule has 1 unspecified atom stereocenters. The van der Waals surface area contributed by atoms with Gasteiger partial charge < -0.3 is 14.7 Å². The summed E-state index contributed by atoms with van der Waals surface area (Å²) in [7, 11) is 0. The molecule has 0 radical (unpaired) electrons. The molecule has 1 heterocycles. The summed E-state index contributed by atoms with van der Waals surface area (Å²) in [6, 6.07) is 14.1. The van der Waals surface area contributed by atoms with E-state index in [-0.39, 0.29) is 0 Å². The van der Waals surface area contributed by atoms with Crippen molar-refractivity contribution < 1.29 is 9.84 Å². The molecule has 4 heteroatoms. The molecule has 3 rings (SSSR count). The minimum atomic E-state index is -1.01. The number of aliphatic hydroxyl groups is 1. The molecule has 0 saturated heterocycles. The van der Waals surface area contributed by atoms with Crippen LogP contribution in [0, 0.1) is 6.92 Å². The maximum Gasteiger partial charge on any atom is 0.226 e. The quantitative estimate of drug-likeness (QED) is 0.793. The van der Waals surface area contributed by atoms with Gasteiger partial charge in [0.15, 0.2) is 0 Å². The average Bonchev–Trinajstić information content (AvgIpc) is 2.64. The van der Waals surface area contributed by atoms with Gasteiger partial charge in [0.2, 0.25) is 6.29 Å². The fourth-order valence-corrected chi connectivity index (χ4v) is 3.17. The lowest BCUT2D eigenvalue weighted by Crippen LogP contribution is -2.26. The van der Waals surface area contributed by atoms with Gasteiger partial charge in [-0.3, -0.25) is 4.99 Å². The van der Waals surface area contributed by atoms with Gasteiger partial charge in [0, 0.05) is 41.7 Å². The van der Waals surface area contributed by atoms with Crippen LogP contribution in [0.3, 0.4) is 0 Å². The summed E-state index contributed by atoms with van der Waals surface area (Å²) in [5.41, 5.74) is 5.51. The number of aryl methyl sites for hydroxylation is 1. The maximum atomic E-state index is 10.5. The van der Waals surface area contributed by atoms with E-state index in [1.165, 1.54) is 0 Å². The topological polar surface area (TPSA) is 45.1 Å². The summed E-state index contributed by atoms with van der Waals surface area (Å²) in [6.07, 6.45) is 0.953. The van der Waals surface area contributed by atoms with Crippen molar-refractivity contribution in [3.63, 3.8) is 0 Å². The van der Waals surface area contributed by atoms with Crippen LogP contribution in [0.15, 0.2) is 53.0 Å². The predicted octanol–water partition coefficient (Wildman–Crippen LogP) is 4.73. The standard InChI is InChI=1S/C22H26N2O2/c1-5-24(6-2)18-12-11-17-13-19(22(25)26-21(17)14-18)16(4)23-20-10-8-7-9-15(20)3/h7-14,22,25H,5-6H2,1-4H3/b23-16+. The Labute approximate surface area is 155 Å². The summed E-state index contributed by atoms with van der Waals surface area (Å²) in [5, 5.41) is 10.5. The zero-order chi connectivity index (χ0) is 18.7. The van der Waals surface area contributed by atoms with Crippen molar-refractivity contribution in [3.05, 3.63) is 59.2 Å². The zero-order valence-corrected chi connectivity index (χ0v) is 15.9. The van der Waals surface area contributed by atoms with E-state index in [1.807, 2.05) is 56.3 Å². The Balaban J connectivity index is 1.94. The van der Waals surface area contributed by atoms with Gasteiger partial charge in [-0.05, 0) is 57.5 Å². The van der Waals surface area contributed by atoms with Crippen LogP contribution >= 0.6 is 0 Å². The van der Waals surface area contributed by atoms with Crippen molar-refractivity contribution >= 4 is 23.2 Å². The molecule has 26 heavy (non-hydrogen) atoms. The molecule has 1 aliphatic rings. The first-order chi connectivity index (χ1) is 12.5. The van der Waals surface area contributed by atoms with E-state index in [2.05, 4.69) is 29.8 Å². The third kappa shape index (κ3) is 3.65. The van der Waals surface area contributed by atoms with Gasteiger partial charge in [-0.15, -0.1) is 0 Å². The number of fused-ring (bicyclic) bond motifs is 1. The number of anilines is 1. The third-order valence-electron chi connectivity index (χ3n) is 4.76. The van der Waals surface area contributed by atoms with E-state index in [1.54, 1.807) is 0 Å². The van der Waals surface area contributed by atoms with Gasteiger partial charge >= 0.3 is 0 Å². The summed E-state index contributed by atoms with van der Waals surface area (Å²) in [4.78, 5) is 6.93. The van der Waals surface area contributed by atoms with Gasteiger partial charge in [0.05, 0.1) is 5.69 Å². The molecule has 0 aliphatic carbocycles. The lowest BCUT2D eigenvalue weighted by atomic mass is 10.0. The van der Waals surface area contributed by atoms with Crippen molar-refractivity contribution in [3.8, 4) is 5.75 Å². The number of hydrogen-bond donors (Lipinski definition) is 1. The van der Waals surface area contributed by atoms with E-state index in [0.29, 0.717) is 11.3 Å². The smallest absolute Gasteiger partial charge is 0.226 e. The largest absolute Gasteiger partial charge is 0.460 e. The number of aliphatic imine (C=N–C) groups is 1. The number of para-hydroxylation sites is 1. The van der Waals surface area contributed by atoms with Crippen molar-refractivity contribution in [1.29, 1.82) is 0 Å². The van der Waals surface area contributed by atoms with E-state index < -0.39 is 6.29 Å². The second-order valence-electron chi connectivity index (χ2n) is 6.45. The third-order valence-corrected chi connectivity index (χ3v) is 4.76. The molecule has 4 nitrogen and oxygen atoms in total. The van der Waals surface area contributed by atoms with Crippen molar-refractivity contribution in [1.82, 2.24) is 0 Å². The van der Waals surface area contributed by atoms with Crippen LogP contribution < -0.4 is 9.64 Å². The van der Waals surface area contributed by atoms with Crippen LogP contribution in [-0.4, -0.2) is 30.2 Å². The molecule has 136 valence electrons. The second kappa shape index (κ2) is 7.75. The van der Waals surface area contributed by atoms with Crippen LogP contribution in [0.5, 0.6) is 5.75 Å². The Hall–Kier alpha value is -2.59. The molecule has 0 fully saturated rings. The molecule has 0 saturated carbocycles. The lowest BCUT2D eigenvalue weighted by molar-refractivity contribution is 0.0177. The Bertz CT molecular complexity index is 851. The molecule has 0 aromatic heterocycles. The first-order valence-electron chi connectivity index (χ1n) is 9.10. The van der Waals surface area contributed by atoms with Crippen molar-refractivity contribution in [2.75, 3.05) is 18.0 Å². The molecule has 1 N–H and O–H groups in total. The average molecular weight is 350 g/mol. The Morgan fingerprint density at radius 1 is 1.15 bits per heavy atom. The fraction of sp³-hybridized carbons (Fsp3) is 0.318. The highest BCUT2D eigenvalue weighted by atomic mass is 16.6. The molecule has 0 amide bonds. The van der Waals surface area contributed by atoms with Crippen LogP contribution in [0.2, 0.25) is 0 Å². The molecule has 0 spiro atoms. The minimum absolute atomic E-state index is 0.691. The van der Waals surface area contributed by atoms with Gasteiger partial charge in [0.25, 0.3) is 0 Å². The highest BCUT2D eigenvalue weighted by molar-refractivity contribution is 6.05. The molecular weight excluding hydrogens is 324 g/mol. The van der Waals surface area contributed by atoms with Crippen LogP contribution in [-0.2, 0) is 0 Å². The Kier molecular flexibility index (Phi) is 5.43. The normalized spacial score (nSPS) is 16.6. The zero-order valence-electron chi connectivity index (χ0n) is 15.9. The van der Waals surface area contributed by atoms with Gasteiger partial charge in [0.1, 0.15) is 5.75 Å². The SMILES string of the molecule is CCN(CC)c1ccc2c(c1)OC(O)C(/C(C)=N/c1ccccc1C)=C2. The van der Waals surface area contributed by atoms with E-state index in [9.17, 15) is 5.11 Å². The first kappa shape index (κ1) is 18.2. The second-order valence-corrected chi connectivity index (χ2v) is 6.45. The molecule has 2 aromatic rings. The van der Waals surface area contributed by atoms with Gasteiger partial charge in [-0.25, -0.2) is 0 Å². The fourth-order valence-electron chi connectivity index (χ4n) is 3.17. The van der Waals surface area contributed by atoms with Gasteiger partial charge in [-0.1, -0.05) is 18.2 Å². The summed E-state index contributed by atoms with van der Waals surface area (Å²) in [5.74, 6) is 0.703. The molecule has 1 atom stereocenters. The van der Waals surface area contributed by atoms with Crippen LogP contribution in [0.1, 0.15) is 31.9 Å². The van der Waals surface area contributed by atoms with E-state index in [0.717, 1.165) is 41.3 Å². The molecule has 1 aliphatic heterocycles. The summed E-state index contributed by atoms with van der Waals surface area (Å²) >= 11 is 0. The van der Waals surface area contributed by atoms with Crippen molar-refractivity contribution in [2.24, 2.45) is 4.99 Å². The highest BCUT2D eigenvalue weighted by Crippen LogP contribution is 2.33. The Morgan fingerprint density at radius 2 is 1.88 bits per heavy atom. The minimum Gasteiger partial charge on any atom is -0.460 e. The molecule has 2 aromatic carbocycles. The van der Waals surface area contributed by atoms with Gasteiger partial charge in [-0.2, -0.15) is 0 Å². The maximum absolute atomic E-state index is 10.5. The summed E-state index contributed by atoms with van der Waals surface area (Å²) in [6.45, 7) is 10.0. The number of nitrogens with zero attached hydrogens (tertiary/aromatic N) is 2.